The van der Waals surface area contributed by atoms with Crippen LogP contribution in [0.1, 0.15) is 31.7 Å². The van der Waals surface area contributed by atoms with E-state index in [2.05, 4.69) is 9.64 Å². The summed E-state index contributed by atoms with van der Waals surface area (Å²) >= 11 is 0. The number of piperidine rings is 1. The third-order valence-electron chi connectivity index (χ3n) is 3.81. The van der Waals surface area contributed by atoms with Gasteiger partial charge in [0.15, 0.2) is 0 Å². The number of hydrogen-bond acceptors (Lipinski definition) is 3. The zero-order chi connectivity index (χ0) is 15.5. The minimum Gasteiger partial charge on any atom is -0.406 e. The molecule has 1 heterocycles. The van der Waals surface area contributed by atoms with Gasteiger partial charge in [0.2, 0.25) is 0 Å². The molecule has 0 saturated carbocycles. The number of rotatable bonds is 4. The van der Waals surface area contributed by atoms with Crippen LogP contribution in [0.3, 0.4) is 0 Å². The maximum absolute atomic E-state index is 12.1. The van der Waals surface area contributed by atoms with Crippen molar-refractivity contribution < 1.29 is 17.9 Å². The monoisotopic (exact) mass is 302 g/mol. The molecule has 0 aromatic heterocycles. The maximum atomic E-state index is 12.1. The van der Waals surface area contributed by atoms with Crippen molar-refractivity contribution in [3.05, 3.63) is 29.8 Å². The molecule has 0 spiro atoms. The molecule has 1 aromatic rings. The molecule has 0 bridgehead atoms. The van der Waals surface area contributed by atoms with Crippen molar-refractivity contribution >= 4 is 0 Å². The highest BCUT2D eigenvalue weighted by Crippen LogP contribution is 2.25. The molecule has 2 unspecified atom stereocenters. The molecule has 1 fully saturated rings. The van der Waals surface area contributed by atoms with Crippen LogP contribution in [0.25, 0.3) is 0 Å². The zero-order valence-electron chi connectivity index (χ0n) is 12.1. The third kappa shape index (κ3) is 4.89. The highest BCUT2D eigenvalue weighted by atomic mass is 19.4. The number of alkyl halides is 3. The molecule has 21 heavy (non-hydrogen) atoms. The van der Waals surface area contributed by atoms with Crippen molar-refractivity contribution in [1.82, 2.24) is 4.90 Å². The van der Waals surface area contributed by atoms with Gasteiger partial charge in [-0.05, 0) is 44.0 Å². The van der Waals surface area contributed by atoms with Crippen LogP contribution >= 0.6 is 0 Å². The fourth-order valence-electron chi connectivity index (χ4n) is 2.84. The summed E-state index contributed by atoms with van der Waals surface area (Å²) in [5.41, 5.74) is 6.99. The lowest BCUT2D eigenvalue weighted by atomic mass is 9.96. The van der Waals surface area contributed by atoms with Crippen LogP contribution in [-0.2, 0) is 6.54 Å². The zero-order valence-corrected chi connectivity index (χ0v) is 12.1. The molecule has 2 N–H and O–H groups in total. The fraction of sp³-hybridized carbons (Fsp3) is 0.600. The largest absolute Gasteiger partial charge is 0.573 e. The summed E-state index contributed by atoms with van der Waals surface area (Å²) in [7, 11) is 0. The van der Waals surface area contributed by atoms with Crippen LogP contribution in [0.15, 0.2) is 24.3 Å². The van der Waals surface area contributed by atoms with E-state index >= 15 is 0 Å². The molecule has 0 amide bonds. The second-order valence-corrected chi connectivity index (χ2v) is 5.58. The van der Waals surface area contributed by atoms with Gasteiger partial charge < -0.3 is 10.5 Å². The van der Waals surface area contributed by atoms with Crippen molar-refractivity contribution in [2.45, 2.75) is 51.2 Å². The predicted octanol–water partition coefficient (Wildman–Crippen LogP) is 3.29. The van der Waals surface area contributed by atoms with E-state index in [0.29, 0.717) is 12.6 Å². The number of nitrogens with two attached hydrogens (primary N) is 1. The molecule has 2 rings (SSSR count). The summed E-state index contributed by atoms with van der Waals surface area (Å²) in [4.78, 5) is 2.31. The molecular formula is C15H21F3N2O. The lowest BCUT2D eigenvalue weighted by Gasteiger charge is -2.38. The van der Waals surface area contributed by atoms with Crippen LogP contribution < -0.4 is 10.5 Å². The topological polar surface area (TPSA) is 38.5 Å². The normalized spacial score (nSPS) is 22.0. The van der Waals surface area contributed by atoms with Gasteiger partial charge in [-0.3, -0.25) is 4.90 Å². The molecule has 3 nitrogen and oxygen atoms in total. The Morgan fingerprint density at radius 1 is 1.29 bits per heavy atom. The average Bonchev–Trinajstić information content (AvgIpc) is 2.40. The van der Waals surface area contributed by atoms with Crippen molar-refractivity contribution in [3.63, 3.8) is 0 Å². The Balaban J connectivity index is 1.99. The quantitative estimate of drug-likeness (QED) is 0.927. The molecule has 1 aliphatic rings. The number of halogens is 3. The lowest BCUT2D eigenvalue weighted by molar-refractivity contribution is -0.274. The van der Waals surface area contributed by atoms with Crippen LogP contribution in [0, 0.1) is 0 Å². The Kier molecular flexibility index (Phi) is 5.11. The predicted molar refractivity (Wildman–Crippen MR) is 74.8 cm³/mol. The lowest BCUT2D eigenvalue weighted by Crippen LogP contribution is -2.48. The fourth-order valence-corrected chi connectivity index (χ4v) is 2.84. The number of benzene rings is 1. The molecular weight excluding hydrogens is 281 g/mol. The molecule has 0 aliphatic carbocycles. The Bertz CT molecular complexity index is 445. The van der Waals surface area contributed by atoms with Crippen molar-refractivity contribution in [2.75, 3.05) is 6.54 Å². The average molecular weight is 302 g/mol. The number of ether oxygens (including phenoxy) is 1. The van der Waals surface area contributed by atoms with Gasteiger partial charge in [-0.1, -0.05) is 18.6 Å². The first-order valence-corrected chi connectivity index (χ1v) is 7.19. The second kappa shape index (κ2) is 6.66. The summed E-state index contributed by atoms with van der Waals surface area (Å²) in [6.07, 6.45) is -1.25. The van der Waals surface area contributed by atoms with Gasteiger partial charge in [-0.2, -0.15) is 0 Å². The van der Waals surface area contributed by atoms with Gasteiger partial charge in [0.25, 0.3) is 0 Å². The van der Waals surface area contributed by atoms with Crippen molar-refractivity contribution in [2.24, 2.45) is 5.73 Å². The van der Waals surface area contributed by atoms with Crippen LogP contribution in [0.4, 0.5) is 13.2 Å². The van der Waals surface area contributed by atoms with E-state index in [0.717, 1.165) is 24.9 Å². The van der Waals surface area contributed by atoms with Crippen molar-refractivity contribution in [1.29, 1.82) is 0 Å². The number of likely N-dealkylation sites (tertiary alicyclic amines) is 1. The van der Waals surface area contributed by atoms with Gasteiger partial charge in [0, 0.05) is 18.6 Å². The molecule has 0 radical (unpaired) electrons. The summed E-state index contributed by atoms with van der Waals surface area (Å²) in [5, 5.41) is 0. The van der Waals surface area contributed by atoms with E-state index in [1.807, 2.05) is 6.92 Å². The molecule has 1 saturated heterocycles. The molecule has 118 valence electrons. The highest BCUT2D eigenvalue weighted by Gasteiger charge is 2.31. The summed E-state index contributed by atoms with van der Waals surface area (Å²) < 4.78 is 40.2. The number of hydrogen-bond donors (Lipinski definition) is 1. The van der Waals surface area contributed by atoms with Crippen LogP contribution in [0.5, 0.6) is 5.75 Å². The van der Waals surface area contributed by atoms with Crippen LogP contribution in [-0.4, -0.2) is 29.9 Å². The molecule has 6 heteroatoms. The van der Waals surface area contributed by atoms with E-state index in [1.165, 1.54) is 18.6 Å². The van der Waals surface area contributed by atoms with Crippen molar-refractivity contribution in [3.8, 4) is 5.75 Å². The van der Waals surface area contributed by atoms with Gasteiger partial charge in [-0.15, -0.1) is 13.2 Å². The summed E-state index contributed by atoms with van der Waals surface area (Å²) in [6, 6.07) is 6.49. The second-order valence-electron chi connectivity index (χ2n) is 5.58. The Morgan fingerprint density at radius 3 is 2.52 bits per heavy atom. The Morgan fingerprint density at radius 2 is 1.95 bits per heavy atom. The van der Waals surface area contributed by atoms with Gasteiger partial charge in [0.1, 0.15) is 5.75 Å². The SMILES string of the molecule is CC(N)C1CCCCN1Cc1ccc(OC(F)(F)F)cc1. The maximum Gasteiger partial charge on any atom is 0.573 e. The minimum atomic E-state index is -4.64. The minimum absolute atomic E-state index is 0.0955. The standard InChI is InChI=1S/C15H21F3N2O/c1-11(19)14-4-2-3-9-20(14)10-12-5-7-13(8-6-12)21-15(16,17)18/h5-8,11,14H,2-4,9-10,19H2,1H3. The smallest absolute Gasteiger partial charge is 0.406 e. The summed E-state index contributed by atoms with van der Waals surface area (Å²) in [6.45, 7) is 3.69. The van der Waals surface area contributed by atoms with E-state index < -0.39 is 6.36 Å². The molecule has 2 atom stereocenters. The van der Waals surface area contributed by atoms with E-state index in [9.17, 15) is 13.2 Å². The Labute approximate surface area is 122 Å². The first-order chi connectivity index (χ1) is 9.85. The number of nitrogens with zero attached hydrogens (tertiary/aromatic N) is 1. The summed E-state index contributed by atoms with van der Waals surface area (Å²) in [5.74, 6) is -0.186. The van der Waals surface area contributed by atoms with Crippen LogP contribution in [0.2, 0.25) is 0 Å². The first-order valence-electron chi connectivity index (χ1n) is 7.19. The van der Waals surface area contributed by atoms with E-state index in [4.69, 9.17) is 5.73 Å². The van der Waals surface area contributed by atoms with E-state index in [-0.39, 0.29) is 11.8 Å². The third-order valence-corrected chi connectivity index (χ3v) is 3.81. The van der Waals surface area contributed by atoms with Gasteiger partial charge in [-0.25, -0.2) is 0 Å². The Hall–Kier alpha value is -1.27. The highest BCUT2D eigenvalue weighted by molar-refractivity contribution is 5.27. The molecule has 1 aliphatic heterocycles. The van der Waals surface area contributed by atoms with E-state index in [1.54, 1.807) is 12.1 Å². The molecule has 1 aromatic carbocycles. The van der Waals surface area contributed by atoms with Gasteiger partial charge >= 0.3 is 6.36 Å². The van der Waals surface area contributed by atoms with Gasteiger partial charge in [0.05, 0.1) is 0 Å². The first kappa shape index (κ1) is 16.1.